The van der Waals surface area contributed by atoms with E-state index in [9.17, 15) is 4.79 Å². The Morgan fingerprint density at radius 3 is 2.42 bits per heavy atom. The second kappa shape index (κ2) is 6.52. The van der Waals surface area contributed by atoms with Crippen molar-refractivity contribution < 1.29 is 9.53 Å². The maximum absolute atomic E-state index is 12.6. The molecule has 24 heavy (non-hydrogen) atoms. The third-order valence-electron chi connectivity index (χ3n) is 5.01. The molecule has 1 saturated heterocycles. The summed E-state index contributed by atoms with van der Waals surface area (Å²) >= 11 is 0. The lowest BCUT2D eigenvalue weighted by Crippen LogP contribution is -2.52. The highest BCUT2D eigenvalue weighted by atomic mass is 16.6. The first kappa shape index (κ1) is 15.0. The smallest absolute Gasteiger partial charge is 0.410 e. The Bertz CT molecular complexity index is 726. The molecule has 3 heteroatoms. The number of rotatable bonds is 3. The largest absolute Gasteiger partial charge is 0.445 e. The minimum absolute atomic E-state index is 0.0978. The van der Waals surface area contributed by atoms with Crippen LogP contribution < -0.4 is 0 Å². The average molecular weight is 319 g/mol. The van der Waals surface area contributed by atoms with E-state index in [1.54, 1.807) is 0 Å². The van der Waals surface area contributed by atoms with E-state index in [0.717, 1.165) is 18.5 Å². The number of nitrogens with zero attached hydrogens (tertiary/aromatic N) is 1. The highest BCUT2D eigenvalue weighted by Gasteiger charge is 2.41. The van der Waals surface area contributed by atoms with E-state index in [1.165, 1.54) is 5.56 Å². The van der Waals surface area contributed by atoms with Crippen LogP contribution in [0.4, 0.5) is 4.79 Å². The zero-order valence-electron chi connectivity index (χ0n) is 13.5. The van der Waals surface area contributed by atoms with Gasteiger partial charge in [-0.2, -0.15) is 0 Å². The van der Waals surface area contributed by atoms with Gasteiger partial charge in [0.05, 0.1) is 6.04 Å². The molecule has 1 amide bonds. The molecule has 0 unspecified atom stereocenters. The van der Waals surface area contributed by atoms with Crippen LogP contribution in [0.5, 0.6) is 0 Å². The van der Waals surface area contributed by atoms with Gasteiger partial charge in [0.15, 0.2) is 0 Å². The molecule has 0 spiro atoms. The summed E-state index contributed by atoms with van der Waals surface area (Å²) in [6.45, 7) is 1.09. The molecule has 2 aliphatic heterocycles. The van der Waals surface area contributed by atoms with Crippen LogP contribution in [0, 0.1) is 5.92 Å². The Balaban J connectivity index is 1.47. The number of benzene rings is 2. The zero-order chi connectivity index (χ0) is 16.4. The molecule has 2 bridgehead atoms. The second-order valence-electron chi connectivity index (χ2n) is 6.58. The molecular weight excluding hydrogens is 298 g/mol. The maximum Gasteiger partial charge on any atom is 0.410 e. The Hall–Kier alpha value is -2.55. The molecule has 2 aromatic carbocycles. The lowest BCUT2D eigenvalue weighted by molar-refractivity contribution is 0.0584. The molecule has 5 rings (SSSR count). The molecule has 2 heterocycles. The second-order valence-corrected chi connectivity index (χ2v) is 6.58. The zero-order valence-corrected chi connectivity index (χ0v) is 13.5. The van der Waals surface area contributed by atoms with Gasteiger partial charge in [0, 0.05) is 12.5 Å². The number of ether oxygens (including phenoxy) is 1. The number of carbonyl (C=O) groups excluding carboxylic acids is 1. The standard InChI is InChI=1S/C21H21NO2/c23-21(24-15-16-7-3-1-4-8-16)22-14-17-11-12-20(22)19(13-17)18-9-5-2-6-10-18/h1-12,17,19-20H,13-15H2/t17-,19-,20+/m1/s1. The summed E-state index contributed by atoms with van der Waals surface area (Å²) in [5.41, 5.74) is 2.32. The lowest BCUT2D eigenvalue weighted by Gasteiger charge is -2.45. The Labute approximate surface area is 142 Å². The molecule has 0 aromatic heterocycles. The van der Waals surface area contributed by atoms with Gasteiger partial charge in [0.25, 0.3) is 0 Å². The highest BCUT2D eigenvalue weighted by Crippen LogP contribution is 2.40. The maximum atomic E-state index is 12.6. The van der Waals surface area contributed by atoms with Gasteiger partial charge in [0.1, 0.15) is 6.61 Å². The van der Waals surface area contributed by atoms with Crippen LogP contribution >= 0.6 is 0 Å². The van der Waals surface area contributed by atoms with Crippen molar-refractivity contribution in [1.82, 2.24) is 4.90 Å². The van der Waals surface area contributed by atoms with Crippen molar-refractivity contribution in [3.63, 3.8) is 0 Å². The summed E-state index contributed by atoms with van der Waals surface area (Å²) in [4.78, 5) is 14.5. The predicted octanol–water partition coefficient (Wildman–Crippen LogP) is 4.37. The number of carbonyl (C=O) groups is 1. The fourth-order valence-electron chi connectivity index (χ4n) is 3.81. The Kier molecular flexibility index (Phi) is 4.08. The minimum Gasteiger partial charge on any atom is -0.445 e. The van der Waals surface area contributed by atoms with Gasteiger partial charge in [-0.05, 0) is 23.5 Å². The van der Waals surface area contributed by atoms with Crippen molar-refractivity contribution >= 4 is 6.09 Å². The van der Waals surface area contributed by atoms with Crippen molar-refractivity contribution in [1.29, 1.82) is 0 Å². The Morgan fingerprint density at radius 2 is 1.71 bits per heavy atom. The van der Waals surface area contributed by atoms with Gasteiger partial charge in [0.2, 0.25) is 0 Å². The van der Waals surface area contributed by atoms with Crippen molar-refractivity contribution in [2.24, 2.45) is 5.92 Å². The van der Waals surface area contributed by atoms with E-state index in [1.807, 2.05) is 41.3 Å². The summed E-state index contributed by atoms with van der Waals surface area (Å²) in [5.74, 6) is 0.781. The quantitative estimate of drug-likeness (QED) is 0.786. The fourth-order valence-corrected chi connectivity index (χ4v) is 3.81. The van der Waals surface area contributed by atoms with Crippen LogP contribution in [0.2, 0.25) is 0 Å². The lowest BCUT2D eigenvalue weighted by atomic mass is 9.74. The molecule has 3 atom stereocenters. The van der Waals surface area contributed by atoms with Gasteiger partial charge in [-0.25, -0.2) is 4.79 Å². The van der Waals surface area contributed by atoms with E-state index in [0.29, 0.717) is 18.4 Å². The van der Waals surface area contributed by atoms with Crippen LogP contribution in [0.3, 0.4) is 0 Å². The number of hydrogen-bond donors (Lipinski definition) is 0. The normalized spacial score (nSPS) is 24.8. The first-order chi connectivity index (χ1) is 11.8. The van der Waals surface area contributed by atoms with E-state index in [4.69, 9.17) is 4.74 Å². The molecule has 122 valence electrons. The van der Waals surface area contributed by atoms with Crippen LogP contribution in [0.25, 0.3) is 0 Å². The van der Waals surface area contributed by atoms with E-state index in [-0.39, 0.29) is 12.1 Å². The molecule has 3 nitrogen and oxygen atoms in total. The number of piperidine rings is 1. The number of fused-ring (bicyclic) bond motifs is 2. The van der Waals surface area contributed by atoms with Gasteiger partial charge < -0.3 is 9.64 Å². The van der Waals surface area contributed by atoms with Crippen molar-refractivity contribution in [2.45, 2.75) is 25.0 Å². The summed E-state index contributed by atoms with van der Waals surface area (Å²) in [5, 5.41) is 0. The third-order valence-corrected chi connectivity index (χ3v) is 5.01. The van der Waals surface area contributed by atoms with Gasteiger partial charge in [-0.15, -0.1) is 0 Å². The summed E-state index contributed by atoms with van der Waals surface area (Å²) in [6, 6.07) is 20.4. The molecule has 0 saturated carbocycles. The summed E-state index contributed by atoms with van der Waals surface area (Å²) in [6.07, 6.45) is 5.33. The average Bonchev–Trinajstić information content (AvgIpc) is 2.68. The molecule has 2 aromatic rings. The molecule has 3 aliphatic rings. The van der Waals surface area contributed by atoms with Crippen molar-refractivity contribution in [2.75, 3.05) is 6.54 Å². The molecule has 1 fully saturated rings. The minimum atomic E-state index is -0.209. The van der Waals surface area contributed by atoms with E-state index < -0.39 is 0 Å². The van der Waals surface area contributed by atoms with Crippen LogP contribution in [0.1, 0.15) is 23.5 Å². The first-order valence-corrected chi connectivity index (χ1v) is 8.52. The van der Waals surface area contributed by atoms with Gasteiger partial charge in [-0.1, -0.05) is 72.8 Å². The number of hydrogen-bond acceptors (Lipinski definition) is 2. The molecule has 0 radical (unpaired) electrons. The fraction of sp³-hybridized carbons (Fsp3) is 0.286. The predicted molar refractivity (Wildman–Crippen MR) is 93.6 cm³/mol. The van der Waals surface area contributed by atoms with Gasteiger partial charge >= 0.3 is 6.09 Å². The summed E-state index contributed by atoms with van der Waals surface area (Å²) in [7, 11) is 0. The van der Waals surface area contributed by atoms with Crippen LogP contribution in [0.15, 0.2) is 72.8 Å². The third kappa shape index (κ3) is 2.94. The summed E-state index contributed by atoms with van der Waals surface area (Å²) < 4.78 is 5.56. The monoisotopic (exact) mass is 319 g/mol. The Morgan fingerprint density at radius 1 is 1.00 bits per heavy atom. The van der Waals surface area contributed by atoms with Crippen LogP contribution in [-0.2, 0) is 11.3 Å². The molecule has 0 N–H and O–H groups in total. The first-order valence-electron chi connectivity index (χ1n) is 8.52. The van der Waals surface area contributed by atoms with Crippen LogP contribution in [-0.4, -0.2) is 23.6 Å². The molecule has 1 aliphatic carbocycles. The van der Waals surface area contributed by atoms with E-state index >= 15 is 0 Å². The van der Waals surface area contributed by atoms with Crippen molar-refractivity contribution in [3.8, 4) is 0 Å². The van der Waals surface area contributed by atoms with Gasteiger partial charge in [-0.3, -0.25) is 0 Å². The van der Waals surface area contributed by atoms with E-state index in [2.05, 4.69) is 36.4 Å². The SMILES string of the molecule is O=C(OCc1ccccc1)N1C[C@@H]2C=C[C@H]1[C@@H](c1ccccc1)C2. The molecular formula is C21H21NO2. The highest BCUT2D eigenvalue weighted by molar-refractivity contribution is 5.69. The number of amides is 1. The van der Waals surface area contributed by atoms with Crippen molar-refractivity contribution in [3.05, 3.63) is 83.9 Å². The topological polar surface area (TPSA) is 29.5 Å².